The largest absolute Gasteiger partial charge is 0.460 e. The second-order valence-electron chi connectivity index (χ2n) is 18.1. The van der Waals surface area contributed by atoms with E-state index in [2.05, 4.69) is 29.8 Å². The third-order valence-electron chi connectivity index (χ3n) is 7.34. The normalized spacial score (nSPS) is 11.8. The van der Waals surface area contributed by atoms with Crippen molar-refractivity contribution >= 4 is 39.8 Å². The number of halogens is 1. The first kappa shape index (κ1) is 55.7. The molecule has 0 fully saturated rings. The van der Waals surface area contributed by atoms with E-state index in [1.165, 1.54) is 102 Å². The molecule has 0 aromatic carbocycles. The van der Waals surface area contributed by atoms with Crippen molar-refractivity contribution in [2.75, 3.05) is 5.33 Å². The van der Waals surface area contributed by atoms with Crippen molar-refractivity contribution in [1.82, 2.24) is 0 Å². The zero-order valence-corrected chi connectivity index (χ0v) is 38.7. The highest BCUT2D eigenvalue weighted by Gasteiger charge is 2.34. The molecule has 0 aliphatic rings. The average molecular weight is 822 g/mol. The third kappa shape index (κ3) is 46.4. The van der Waals surface area contributed by atoms with Crippen LogP contribution in [0.3, 0.4) is 0 Å². The van der Waals surface area contributed by atoms with Crippen LogP contribution in [0.2, 0.25) is 0 Å². The van der Waals surface area contributed by atoms with Gasteiger partial charge in [0.2, 0.25) is 0 Å². The molecule has 0 radical (unpaired) electrons. The topological polar surface area (TPSA) is 105 Å². The van der Waals surface area contributed by atoms with Gasteiger partial charge in [-0.1, -0.05) is 139 Å². The van der Waals surface area contributed by atoms with E-state index in [4.69, 9.17) is 18.9 Å². The highest BCUT2D eigenvalue weighted by Crippen LogP contribution is 2.22. The summed E-state index contributed by atoms with van der Waals surface area (Å²) in [6.07, 6.45) is 23.8. The summed E-state index contributed by atoms with van der Waals surface area (Å²) in [5.74, 6) is -2.87. The van der Waals surface area contributed by atoms with E-state index in [0.29, 0.717) is 6.42 Å². The van der Waals surface area contributed by atoms with Crippen molar-refractivity contribution in [3.05, 3.63) is 0 Å². The minimum Gasteiger partial charge on any atom is -0.460 e. The molecule has 0 spiro atoms. The van der Waals surface area contributed by atoms with Crippen LogP contribution in [0.4, 0.5) is 0 Å². The number of rotatable bonds is 23. The SMILES string of the molecule is CC(C)(C)OC(=O)CC(=O)OC(C)(C)C.CCCCCCCCCCCBr.CCCCCCCCCCCC(C(=O)OC(C)(C)C)C(=O)OC(C)(C)C. The standard InChI is InChI=1S/C22H42O4.C11H23Br.C11H20O4/c1-8-9-10-11-12-13-14-15-16-17-18(19(23)25-21(2,3)4)20(24)26-22(5,6)7;1-2-3-4-5-6-7-8-9-10-11-12;1-10(2,3)14-8(12)7-9(13)15-11(4,5)6/h18H,8-17H2,1-7H3;2-11H2,1H3;7H2,1-6H3. The third-order valence-corrected chi connectivity index (χ3v) is 7.91. The second-order valence-corrected chi connectivity index (χ2v) is 18.9. The predicted octanol–water partition coefficient (Wildman–Crippen LogP) is 13.2. The lowest BCUT2D eigenvalue weighted by Crippen LogP contribution is -2.36. The van der Waals surface area contributed by atoms with Crippen LogP contribution in [0.1, 0.15) is 225 Å². The number of carbonyl (C=O) groups excluding carboxylic acids is 4. The van der Waals surface area contributed by atoms with Gasteiger partial charge in [0.25, 0.3) is 0 Å². The molecule has 0 aromatic rings. The monoisotopic (exact) mass is 821 g/mol. The molecule has 0 bridgehead atoms. The molecule has 9 heteroatoms. The van der Waals surface area contributed by atoms with E-state index in [1.54, 1.807) is 41.5 Å². The molecule has 0 atom stereocenters. The highest BCUT2D eigenvalue weighted by molar-refractivity contribution is 9.09. The van der Waals surface area contributed by atoms with Gasteiger partial charge in [0.1, 0.15) is 28.8 Å². The molecule has 0 saturated heterocycles. The van der Waals surface area contributed by atoms with Crippen LogP contribution >= 0.6 is 15.9 Å². The van der Waals surface area contributed by atoms with Crippen molar-refractivity contribution < 1.29 is 38.1 Å². The average Bonchev–Trinajstić information content (AvgIpc) is 2.96. The summed E-state index contributed by atoms with van der Waals surface area (Å²) in [5.41, 5.74) is -2.34. The molecule has 0 N–H and O–H groups in total. The van der Waals surface area contributed by atoms with Gasteiger partial charge in [-0.3, -0.25) is 19.2 Å². The highest BCUT2D eigenvalue weighted by atomic mass is 79.9. The molecule has 0 rings (SSSR count). The van der Waals surface area contributed by atoms with Gasteiger partial charge in [-0.2, -0.15) is 0 Å². The number of hydrogen-bond donors (Lipinski definition) is 0. The van der Waals surface area contributed by atoms with Crippen LogP contribution < -0.4 is 0 Å². The molecular weight excluding hydrogens is 736 g/mol. The van der Waals surface area contributed by atoms with E-state index >= 15 is 0 Å². The van der Waals surface area contributed by atoms with Crippen LogP contribution in [-0.4, -0.2) is 51.6 Å². The van der Waals surface area contributed by atoms with Crippen molar-refractivity contribution in [1.29, 1.82) is 0 Å². The Labute approximate surface area is 335 Å². The fourth-order valence-electron chi connectivity index (χ4n) is 5.02. The number of hydrogen-bond acceptors (Lipinski definition) is 8. The number of alkyl halides is 1. The van der Waals surface area contributed by atoms with Crippen LogP contribution in [0, 0.1) is 5.92 Å². The quantitative estimate of drug-likeness (QED) is 0.0330. The fraction of sp³-hybridized carbons (Fsp3) is 0.909. The van der Waals surface area contributed by atoms with Crippen LogP contribution in [-0.2, 0) is 38.1 Å². The van der Waals surface area contributed by atoms with E-state index in [-0.39, 0.29) is 6.42 Å². The fourth-order valence-corrected chi connectivity index (χ4v) is 5.41. The van der Waals surface area contributed by atoms with E-state index < -0.39 is 52.2 Å². The predicted molar refractivity (Wildman–Crippen MR) is 224 cm³/mol. The Morgan fingerprint density at radius 3 is 0.943 bits per heavy atom. The van der Waals surface area contributed by atoms with Crippen LogP contribution in [0.25, 0.3) is 0 Å². The van der Waals surface area contributed by atoms with Gasteiger partial charge >= 0.3 is 23.9 Å². The molecular formula is C44H85BrO8. The molecule has 0 heterocycles. The Morgan fingerprint density at radius 2 is 0.679 bits per heavy atom. The molecule has 0 aliphatic heterocycles. The lowest BCUT2D eigenvalue weighted by molar-refractivity contribution is -0.175. The van der Waals surface area contributed by atoms with Crippen LogP contribution in [0.15, 0.2) is 0 Å². The minimum atomic E-state index is -0.821. The molecule has 8 nitrogen and oxygen atoms in total. The second kappa shape index (κ2) is 31.6. The summed E-state index contributed by atoms with van der Waals surface area (Å²) in [7, 11) is 0. The summed E-state index contributed by atoms with van der Waals surface area (Å²) in [6, 6.07) is 0. The van der Waals surface area contributed by atoms with Gasteiger partial charge in [-0.25, -0.2) is 0 Å². The van der Waals surface area contributed by atoms with Gasteiger partial charge in [-0.15, -0.1) is 0 Å². The summed E-state index contributed by atoms with van der Waals surface area (Å²) < 4.78 is 20.8. The van der Waals surface area contributed by atoms with Gasteiger partial charge in [0, 0.05) is 5.33 Å². The van der Waals surface area contributed by atoms with Crippen molar-refractivity contribution in [2.45, 2.75) is 248 Å². The Morgan fingerprint density at radius 1 is 0.415 bits per heavy atom. The molecule has 316 valence electrons. The maximum atomic E-state index is 12.4. The Kier molecular flexibility index (Phi) is 33.2. The van der Waals surface area contributed by atoms with E-state index in [0.717, 1.165) is 19.3 Å². The van der Waals surface area contributed by atoms with Gasteiger partial charge < -0.3 is 18.9 Å². The zero-order chi connectivity index (χ0) is 41.6. The number of esters is 4. The van der Waals surface area contributed by atoms with Crippen LogP contribution in [0.5, 0.6) is 0 Å². The Hall–Kier alpha value is -1.64. The first-order chi connectivity index (χ1) is 24.4. The maximum absolute atomic E-state index is 12.4. The first-order valence-electron chi connectivity index (χ1n) is 20.8. The molecule has 53 heavy (non-hydrogen) atoms. The van der Waals surface area contributed by atoms with Crippen molar-refractivity contribution in [3.8, 4) is 0 Å². The summed E-state index contributed by atoms with van der Waals surface area (Å²) in [5, 5.41) is 1.18. The molecule has 0 unspecified atom stereocenters. The summed E-state index contributed by atoms with van der Waals surface area (Å²) in [4.78, 5) is 47.3. The zero-order valence-electron chi connectivity index (χ0n) is 37.1. The molecule has 0 aliphatic carbocycles. The Balaban J connectivity index is -0.000000781. The first-order valence-corrected chi connectivity index (χ1v) is 21.9. The molecule has 0 amide bonds. The number of unbranched alkanes of at least 4 members (excludes halogenated alkanes) is 16. The maximum Gasteiger partial charge on any atom is 0.320 e. The van der Waals surface area contributed by atoms with Gasteiger partial charge in [0.05, 0.1) is 0 Å². The van der Waals surface area contributed by atoms with Crippen molar-refractivity contribution in [3.63, 3.8) is 0 Å². The summed E-state index contributed by atoms with van der Waals surface area (Å²) in [6.45, 7) is 25.9. The van der Waals surface area contributed by atoms with E-state index in [9.17, 15) is 19.2 Å². The van der Waals surface area contributed by atoms with Crippen molar-refractivity contribution in [2.24, 2.45) is 5.92 Å². The van der Waals surface area contributed by atoms with E-state index in [1.807, 2.05) is 41.5 Å². The van der Waals surface area contributed by atoms with Gasteiger partial charge in [-0.05, 0) is 95.9 Å². The smallest absolute Gasteiger partial charge is 0.320 e. The number of carbonyl (C=O) groups is 4. The Bertz CT molecular complexity index is 871. The lowest BCUT2D eigenvalue weighted by Gasteiger charge is -2.26. The lowest BCUT2D eigenvalue weighted by atomic mass is 9.99. The molecule has 0 saturated carbocycles. The molecule has 0 aromatic heterocycles. The summed E-state index contributed by atoms with van der Waals surface area (Å²) >= 11 is 3.45. The minimum absolute atomic E-state index is 0.339. The van der Waals surface area contributed by atoms with Gasteiger partial charge in [0.15, 0.2) is 5.92 Å². The number of ether oxygens (including phenoxy) is 4.